The second-order valence-corrected chi connectivity index (χ2v) is 4.01. The van der Waals surface area contributed by atoms with Gasteiger partial charge in [0.1, 0.15) is 0 Å². The first-order chi connectivity index (χ1) is 5.90. The molecule has 0 amide bonds. The standard InChI is InChI=1S/C6H9NO5S/c8-5-3-1-2-4(6(5)9)7-13(10,11)12/h4,7H,1-3H2,(H,10,11,12). The Morgan fingerprint density at radius 3 is 2.54 bits per heavy atom. The fourth-order valence-electron chi connectivity index (χ4n) is 1.21. The van der Waals surface area contributed by atoms with Gasteiger partial charge in [0.15, 0.2) is 5.78 Å². The maximum atomic E-state index is 11.0. The molecule has 7 heteroatoms. The number of rotatable bonds is 2. The van der Waals surface area contributed by atoms with Crippen molar-refractivity contribution < 1.29 is 22.6 Å². The molecule has 1 fully saturated rings. The molecule has 1 aliphatic rings. The molecule has 74 valence electrons. The third-order valence-electron chi connectivity index (χ3n) is 1.78. The Labute approximate surface area is 75.2 Å². The minimum absolute atomic E-state index is 0.155. The molecule has 13 heavy (non-hydrogen) atoms. The molecule has 0 heterocycles. The first-order valence-electron chi connectivity index (χ1n) is 3.72. The molecule has 1 unspecified atom stereocenters. The number of carbonyl (C=O) groups is 2. The van der Waals surface area contributed by atoms with Crippen LogP contribution in [-0.4, -0.2) is 30.6 Å². The molecule has 1 atom stereocenters. The van der Waals surface area contributed by atoms with Crippen LogP contribution in [0.1, 0.15) is 19.3 Å². The molecule has 0 spiro atoms. The molecule has 0 aromatic heterocycles. The van der Waals surface area contributed by atoms with Gasteiger partial charge in [0.05, 0.1) is 6.04 Å². The Bertz CT molecular complexity index is 333. The molecule has 1 rings (SSSR count). The van der Waals surface area contributed by atoms with Crippen LogP contribution >= 0.6 is 0 Å². The van der Waals surface area contributed by atoms with Gasteiger partial charge in [-0.1, -0.05) is 0 Å². The lowest BCUT2D eigenvalue weighted by Gasteiger charge is -2.18. The van der Waals surface area contributed by atoms with Gasteiger partial charge in [-0.3, -0.25) is 14.1 Å². The highest BCUT2D eigenvalue weighted by molar-refractivity contribution is 7.83. The highest BCUT2D eigenvalue weighted by atomic mass is 32.2. The Balaban J connectivity index is 2.70. The number of ketones is 2. The molecule has 1 aliphatic carbocycles. The van der Waals surface area contributed by atoms with E-state index < -0.39 is 27.9 Å². The second kappa shape index (κ2) is 3.52. The van der Waals surface area contributed by atoms with Crippen LogP contribution in [0.3, 0.4) is 0 Å². The van der Waals surface area contributed by atoms with Crippen LogP contribution in [0.4, 0.5) is 0 Å². The average Bonchev–Trinajstić information content (AvgIpc) is 1.96. The van der Waals surface area contributed by atoms with E-state index >= 15 is 0 Å². The molecular formula is C6H9NO5S. The van der Waals surface area contributed by atoms with Crippen molar-refractivity contribution in [2.24, 2.45) is 0 Å². The summed E-state index contributed by atoms with van der Waals surface area (Å²) in [6, 6.07) is -1.09. The van der Waals surface area contributed by atoms with Crippen LogP contribution in [0.25, 0.3) is 0 Å². The van der Waals surface area contributed by atoms with Gasteiger partial charge in [-0.2, -0.15) is 13.1 Å². The molecule has 0 aliphatic heterocycles. The van der Waals surface area contributed by atoms with E-state index in [2.05, 4.69) is 0 Å². The summed E-state index contributed by atoms with van der Waals surface area (Å²) in [4.78, 5) is 21.8. The summed E-state index contributed by atoms with van der Waals surface area (Å²) in [6.07, 6.45) is 0.866. The van der Waals surface area contributed by atoms with E-state index in [1.54, 1.807) is 4.72 Å². The summed E-state index contributed by atoms with van der Waals surface area (Å²) in [7, 11) is -4.40. The maximum Gasteiger partial charge on any atom is 0.334 e. The number of hydrogen-bond donors (Lipinski definition) is 2. The van der Waals surface area contributed by atoms with Gasteiger partial charge in [-0.05, 0) is 12.8 Å². The summed E-state index contributed by atoms with van der Waals surface area (Å²) in [5.41, 5.74) is 0. The Morgan fingerprint density at radius 2 is 2.00 bits per heavy atom. The molecule has 0 radical (unpaired) electrons. The van der Waals surface area contributed by atoms with Crippen molar-refractivity contribution in [3.8, 4) is 0 Å². The lowest BCUT2D eigenvalue weighted by atomic mass is 9.94. The topological polar surface area (TPSA) is 101 Å². The SMILES string of the molecule is O=C1CCCC(NS(=O)(=O)O)C1=O. The van der Waals surface area contributed by atoms with Gasteiger partial charge in [0.2, 0.25) is 5.78 Å². The fraction of sp³-hybridized carbons (Fsp3) is 0.667. The third kappa shape index (κ3) is 2.87. The predicted molar refractivity (Wildman–Crippen MR) is 42.3 cm³/mol. The van der Waals surface area contributed by atoms with Crippen LogP contribution < -0.4 is 4.72 Å². The smallest absolute Gasteiger partial charge is 0.291 e. The zero-order valence-electron chi connectivity index (χ0n) is 6.69. The third-order valence-corrected chi connectivity index (χ3v) is 2.36. The molecule has 0 saturated heterocycles. The Hall–Kier alpha value is -0.790. The van der Waals surface area contributed by atoms with E-state index in [-0.39, 0.29) is 12.8 Å². The minimum Gasteiger partial charge on any atom is -0.291 e. The summed E-state index contributed by atoms with van der Waals surface area (Å²) < 4.78 is 30.7. The molecule has 1 saturated carbocycles. The van der Waals surface area contributed by atoms with Crippen LogP contribution in [0.2, 0.25) is 0 Å². The molecule has 0 aromatic rings. The van der Waals surface area contributed by atoms with Crippen molar-refractivity contribution in [2.75, 3.05) is 0 Å². The zero-order chi connectivity index (χ0) is 10.1. The number of hydrogen-bond acceptors (Lipinski definition) is 4. The Kier molecular flexibility index (Phi) is 2.79. The zero-order valence-corrected chi connectivity index (χ0v) is 7.50. The highest BCUT2D eigenvalue weighted by Crippen LogP contribution is 2.12. The average molecular weight is 207 g/mol. The lowest BCUT2D eigenvalue weighted by molar-refractivity contribution is -0.139. The van der Waals surface area contributed by atoms with Crippen molar-refractivity contribution in [2.45, 2.75) is 25.3 Å². The van der Waals surface area contributed by atoms with E-state index in [0.717, 1.165) is 0 Å². The summed E-state index contributed by atoms with van der Waals surface area (Å²) in [5, 5.41) is 0. The van der Waals surface area contributed by atoms with Crippen molar-refractivity contribution in [1.82, 2.24) is 4.72 Å². The van der Waals surface area contributed by atoms with Crippen molar-refractivity contribution in [3.63, 3.8) is 0 Å². The second-order valence-electron chi connectivity index (χ2n) is 2.83. The Morgan fingerprint density at radius 1 is 1.38 bits per heavy atom. The number of Topliss-reactive ketones (excluding diaryl/α,β-unsaturated/α-hetero) is 2. The van der Waals surface area contributed by atoms with E-state index in [1.165, 1.54) is 0 Å². The van der Waals surface area contributed by atoms with E-state index in [9.17, 15) is 18.0 Å². The lowest BCUT2D eigenvalue weighted by Crippen LogP contribution is -2.45. The van der Waals surface area contributed by atoms with Gasteiger partial charge in [-0.25, -0.2) is 0 Å². The molecular weight excluding hydrogens is 198 g/mol. The number of carbonyl (C=O) groups excluding carboxylic acids is 2. The van der Waals surface area contributed by atoms with Gasteiger partial charge in [0, 0.05) is 6.42 Å². The van der Waals surface area contributed by atoms with Gasteiger partial charge < -0.3 is 0 Å². The van der Waals surface area contributed by atoms with Crippen LogP contribution in [-0.2, 0) is 19.9 Å². The van der Waals surface area contributed by atoms with Crippen LogP contribution in [0.15, 0.2) is 0 Å². The summed E-state index contributed by atoms with van der Waals surface area (Å²) >= 11 is 0. The van der Waals surface area contributed by atoms with Crippen molar-refractivity contribution >= 4 is 21.9 Å². The number of nitrogens with one attached hydrogen (secondary N) is 1. The van der Waals surface area contributed by atoms with E-state index in [1.807, 2.05) is 0 Å². The fourth-order valence-corrected chi connectivity index (χ4v) is 1.79. The molecule has 2 N–H and O–H groups in total. The molecule has 0 bridgehead atoms. The van der Waals surface area contributed by atoms with Crippen molar-refractivity contribution in [1.29, 1.82) is 0 Å². The first kappa shape index (κ1) is 10.3. The molecule has 0 aromatic carbocycles. The van der Waals surface area contributed by atoms with Gasteiger partial charge in [-0.15, -0.1) is 0 Å². The highest BCUT2D eigenvalue weighted by Gasteiger charge is 2.31. The summed E-state index contributed by atoms with van der Waals surface area (Å²) in [5.74, 6) is -1.36. The summed E-state index contributed by atoms with van der Waals surface area (Å²) in [6.45, 7) is 0. The largest absolute Gasteiger partial charge is 0.334 e. The quantitative estimate of drug-likeness (QED) is 0.450. The maximum absolute atomic E-state index is 11.0. The van der Waals surface area contributed by atoms with E-state index in [0.29, 0.717) is 6.42 Å². The minimum atomic E-state index is -4.40. The normalized spacial score (nSPS) is 24.8. The van der Waals surface area contributed by atoms with Crippen LogP contribution in [0.5, 0.6) is 0 Å². The van der Waals surface area contributed by atoms with E-state index in [4.69, 9.17) is 4.55 Å². The molecule has 6 nitrogen and oxygen atoms in total. The van der Waals surface area contributed by atoms with Gasteiger partial charge in [0.25, 0.3) is 0 Å². The van der Waals surface area contributed by atoms with Gasteiger partial charge >= 0.3 is 10.3 Å². The van der Waals surface area contributed by atoms with Crippen LogP contribution in [0, 0.1) is 0 Å². The van der Waals surface area contributed by atoms with Crippen molar-refractivity contribution in [3.05, 3.63) is 0 Å². The monoisotopic (exact) mass is 207 g/mol. The predicted octanol–water partition coefficient (Wildman–Crippen LogP) is -0.930. The first-order valence-corrected chi connectivity index (χ1v) is 5.16.